The van der Waals surface area contributed by atoms with E-state index in [-0.39, 0.29) is 6.04 Å². The predicted octanol–water partition coefficient (Wildman–Crippen LogP) is 2.87. The largest absolute Gasteiger partial charge is 0.399 e. The number of benzene rings is 1. The van der Waals surface area contributed by atoms with Gasteiger partial charge in [-0.1, -0.05) is 12.1 Å². The van der Waals surface area contributed by atoms with Crippen molar-refractivity contribution in [2.45, 2.75) is 26.8 Å². The van der Waals surface area contributed by atoms with Crippen LogP contribution in [-0.4, -0.2) is 17.0 Å². The maximum atomic E-state index is 5.83. The second-order valence-corrected chi connectivity index (χ2v) is 4.91. The smallest absolute Gasteiger partial charge is 0.226 e. The van der Waals surface area contributed by atoms with Crippen molar-refractivity contribution in [3.8, 4) is 0 Å². The molecule has 19 heavy (non-hydrogen) atoms. The number of rotatable bonds is 3. The van der Waals surface area contributed by atoms with E-state index >= 15 is 0 Å². The molecule has 0 amide bonds. The van der Waals surface area contributed by atoms with Crippen molar-refractivity contribution >= 4 is 11.6 Å². The van der Waals surface area contributed by atoms with Crippen LogP contribution >= 0.6 is 0 Å². The summed E-state index contributed by atoms with van der Waals surface area (Å²) in [7, 11) is 2.00. The highest BCUT2D eigenvalue weighted by Crippen LogP contribution is 2.24. The highest BCUT2D eigenvalue weighted by molar-refractivity contribution is 5.44. The Bertz CT molecular complexity index is 560. The van der Waals surface area contributed by atoms with Crippen molar-refractivity contribution in [2.75, 3.05) is 17.7 Å². The minimum absolute atomic E-state index is 0.171. The van der Waals surface area contributed by atoms with Crippen LogP contribution in [0.4, 0.5) is 11.6 Å². The third-order valence-corrected chi connectivity index (χ3v) is 3.26. The number of aromatic nitrogens is 2. The van der Waals surface area contributed by atoms with Crippen molar-refractivity contribution < 1.29 is 0 Å². The molecule has 1 unspecified atom stereocenters. The highest BCUT2D eigenvalue weighted by atomic mass is 15.2. The van der Waals surface area contributed by atoms with E-state index < -0.39 is 0 Å². The molecule has 4 nitrogen and oxygen atoms in total. The number of hydrogen-bond donors (Lipinski definition) is 1. The fraction of sp³-hybridized carbons (Fsp3) is 0.333. The van der Waals surface area contributed by atoms with Crippen molar-refractivity contribution in [1.82, 2.24) is 9.97 Å². The number of nitrogens with zero attached hydrogens (tertiary/aromatic N) is 3. The van der Waals surface area contributed by atoms with Gasteiger partial charge in [-0.2, -0.15) is 0 Å². The lowest BCUT2D eigenvalue weighted by Gasteiger charge is -2.26. The van der Waals surface area contributed by atoms with Gasteiger partial charge in [0, 0.05) is 24.1 Å². The van der Waals surface area contributed by atoms with Crippen molar-refractivity contribution in [1.29, 1.82) is 0 Å². The lowest BCUT2D eigenvalue weighted by atomic mass is 10.1. The number of anilines is 2. The van der Waals surface area contributed by atoms with Crippen LogP contribution < -0.4 is 10.6 Å². The molecule has 0 aliphatic heterocycles. The van der Waals surface area contributed by atoms with E-state index in [1.54, 1.807) is 0 Å². The van der Waals surface area contributed by atoms with Crippen LogP contribution in [0.3, 0.4) is 0 Å². The van der Waals surface area contributed by atoms with Crippen molar-refractivity contribution in [3.05, 3.63) is 47.3 Å². The minimum Gasteiger partial charge on any atom is -0.399 e. The molecule has 0 bridgehead atoms. The quantitative estimate of drug-likeness (QED) is 0.858. The summed E-state index contributed by atoms with van der Waals surface area (Å²) < 4.78 is 0. The van der Waals surface area contributed by atoms with E-state index in [2.05, 4.69) is 27.9 Å². The minimum atomic E-state index is 0.171. The van der Waals surface area contributed by atoms with Crippen LogP contribution in [0.15, 0.2) is 30.3 Å². The maximum absolute atomic E-state index is 5.83. The van der Waals surface area contributed by atoms with E-state index in [1.807, 2.05) is 45.2 Å². The van der Waals surface area contributed by atoms with Gasteiger partial charge >= 0.3 is 0 Å². The summed E-state index contributed by atoms with van der Waals surface area (Å²) in [5.74, 6) is 0.743. The molecule has 2 aromatic rings. The molecule has 1 aromatic heterocycles. The Labute approximate surface area is 114 Å². The van der Waals surface area contributed by atoms with Gasteiger partial charge in [0.15, 0.2) is 0 Å². The number of hydrogen-bond acceptors (Lipinski definition) is 4. The van der Waals surface area contributed by atoms with Crippen LogP contribution in [-0.2, 0) is 0 Å². The summed E-state index contributed by atoms with van der Waals surface area (Å²) in [5.41, 5.74) is 9.73. The van der Waals surface area contributed by atoms with Crippen LogP contribution in [0.5, 0.6) is 0 Å². The second kappa shape index (κ2) is 5.26. The Kier molecular flexibility index (Phi) is 3.69. The predicted molar refractivity (Wildman–Crippen MR) is 79.2 cm³/mol. The summed E-state index contributed by atoms with van der Waals surface area (Å²) in [5, 5.41) is 0. The Hall–Kier alpha value is -2.10. The summed E-state index contributed by atoms with van der Waals surface area (Å²) in [4.78, 5) is 11.0. The monoisotopic (exact) mass is 256 g/mol. The Morgan fingerprint density at radius 1 is 1.11 bits per heavy atom. The summed E-state index contributed by atoms with van der Waals surface area (Å²) in [6.45, 7) is 6.09. The Morgan fingerprint density at radius 3 is 2.32 bits per heavy atom. The molecule has 2 rings (SSSR count). The van der Waals surface area contributed by atoms with Gasteiger partial charge in [0.1, 0.15) is 0 Å². The van der Waals surface area contributed by atoms with Crippen LogP contribution in [0.2, 0.25) is 0 Å². The highest BCUT2D eigenvalue weighted by Gasteiger charge is 2.15. The Morgan fingerprint density at radius 2 is 1.74 bits per heavy atom. The van der Waals surface area contributed by atoms with Gasteiger partial charge in [-0.05, 0) is 44.5 Å². The second-order valence-electron chi connectivity index (χ2n) is 4.91. The molecule has 1 heterocycles. The Balaban J connectivity index is 2.30. The molecule has 2 N–H and O–H groups in total. The topological polar surface area (TPSA) is 55.0 Å². The zero-order valence-electron chi connectivity index (χ0n) is 11.9. The van der Waals surface area contributed by atoms with Gasteiger partial charge in [0.2, 0.25) is 5.95 Å². The zero-order valence-corrected chi connectivity index (χ0v) is 11.9. The zero-order chi connectivity index (χ0) is 14.0. The van der Waals surface area contributed by atoms with Gasteiger partial charge in [0.25, 0.3) is 0 Å². The molecule has 4 heteroatoms. The third kappa shape index (κ3) is 3.02. The van der Waals surface area contributed by atoms with Crippen LogP contribution in [0, 0.1) is 13.8 Å². The first-order valence-electron chi connectivity index (χ1n) is 6.38. The molecule has 100 valence electrons. The van der Waals surface area contributed by atoms with Gasteiger partial charge in [-0.15, -0.1) is 0 Å². The average Bonchev–Trinajstić information content (AvgIpc) is 2.36. The van der Waals surface area contributed by atoms with Gasteiger partial charge in [-0.25, -0.2) is 9.97 Å². The van der Waals surface area contributed by atoms with Gasteiger partial charge < -0.3 is 10.6 Å². The number of nitrogen functional groups attached to an aromatic ring is 1. The first kappa shape index (κ1) is 13.3. The molecular weight excluding hydrogens is 236 g/mol. The first-order valence-corrected chi connectivity index (χ1v) is 6.38. The molecule has 0 spiro atoms. The van der Waals surface area contributed by atoms with E-state index in [0.29, 0.717) is 0 Å². The summed E-state index contributed by atoms with van der Waals surface area (Å²) in [6, 6.07) is 10.1. The fourth-order valence-electron chi connectivity index (χ4n) is 2.08. The van der Waals surface area contributed by atoms with E-state index in [0.717, 1.165) is 28.6 Å². The SMILES string of the molecule is Cc1cc(C)nc(N(C)C(C)c2cccc(N)c2)n1. The number of aryl methyl sites for hydroxylation is 2. The maximum Gasteiger partial charge on any atom is 0.226 e. The van der Waals surface area contributed by atoms with Gasteiger partial charge in [0.05, 0.1) is 6.04 Å². The summed E-state index contributed by atoms with van der Waals surface area (Å²) >= 11 is 0. The van der Waals surface area contributed by atoms with E-state index in [1.165, 1.54) is 0 Å². The first-order chi connectivity index (χ1) is 8.97. The third-order valence-electron chi connectivity index (χ3n) is 3.26. The normalized spacial score (nSPS) is 12.2. The molecule has 0 fully saturated rings. The van der Waals surface area contributed by atoms with Gasteiger partial charge in [-0.3, -0.25) is 0 Å². The lowest BCUT2D eigenvalue weighted by Crippen LogP contribution is -2.24. The molecule has 1 atom stereocenters. The standard InChI is InChI=1S/C15H20N4/c1-10-8-11(2)18-15(17-10)19(4)12(3)13-6-5-7-14(16)9-13/h5-9,12H,16H2,1-4H3. The molecule has 1 aromatic carbocycles. The lowest BCUT2D eigenvalue weighted by molar-refractivity contribution is 0.711. The molecule has 0 radical (unpaired) electrons. The number of nitrogens with two attached hydrogens (primary N) is 1. The van der Waals surface area contributed by atoms with E-state index in [4.69, 9.17) is 5.73 Å². The van der Waals surface area contributed by atoms with Crippen molar-refractivity contribution in [3.63, 3.8) is 0 Å². The van der Waals surface area contributed by atoms with Crippen molar-refractivity contribution in [2.24, 2.45) is 0 Å². The molecule has 0 aliphatic rings. The molecule has 0 aliphatic carbocycles. The molecule has 0 saturated carbocycles. The fourth-order valence-corrected chi connectivity index (χ4v) is 2.08. The van der Waals surface area contributed by atoms with Crippen LogP contribution in [0.25, 0.3) is 0 Å². The summed E-state index contributed by atoms with van der Waals surface area (Å²) in [6.07, 6.45) is 0. The van der Waals surface area contributed by atoms with E-state index in [9.17, 15) is 0 Å². The average molecular weight is 256 g/mol. The van der Waals surface area contributed by atoms with Crippen LogP contribution in [0.1, 0.15) is 29.9 Å². The molecular formula is C15H20N4. The molecule has 0 saturated heterocycles.